The number of rotatable bonds is 9. The first-order valence-electron chi connectivity index (χ1n) is 12.6. The molecule has 4 rings (SSSR count). The summed E-state index contributed by atoms with van der Waals surface area (Å²) in [5.41, 5.74) is 0.683. The summed E-state index contributed by atoms with van der Waals surface area (Å²) in [6.45, 7) is 7.48. The van der Waals surface area contributed by atoms with Crippen molar-refractivity contribution in [3.05, 3.63) is 66.7 Å². The maximum atomic E-state index is 13.6. The largest absolute Gasteiger partial charge is 0.489 e. The lowest BCUT2D eigenvalue weighted by Gasteiger charge is -2.28. The molecule has 12 heteroatoms. The lowest BCUT2D eigenvalue weighted by molar-refractivity contribution is -0.394. The highest BCUT2D eigenvalue weighted by atomic mass is 35.5. The number of halogens is 1. The number of amides is 1. The van der Waals surface area contributed by atoms with Crippen LogP contribution in [0.5, 0.6) is 11.5 Å². The van der Waals surface area contributed by atoms with Crippen LogP contribution in [0.25, 0.3) is 0 Å². The van der Waals surface area contributed by atoms with Gasteiger partial charge in [-0.05, 0) is 42.1 Å². The molecule has 0 N–H and O–H groups in total. The summed E-state index contributed by atoms with van der Waals surface area (Å²) in [5.74, 6) is 1.13. The highest BCUT2D eigenvalue weighted by Gasteiger charge is 2.32. The van der Waals surface area contributed by atoms with Crippen LogP contribution < -0.4 is 9.47 Å². The van der Waals surface area contributed by atoms with E-state index in [4.69, 9.17) is 21.1 Å². The molecule has 0 aromatic heterocycles. The smallest absolute Gasteiger partial charge is 0.276 e. The summed E-state index contributed by atoms with van der Waals surface area (Å²) in [5, 5.41) is 22.9. The summed E-state index contributed by atoms with van der Waals surface area (Å²) in [4.78, 5) is 38.7. The van der Waals surface area contributed by atoms with E-state index < -0.39 is 9.85 Å². The molecule has 38 heavy (non-hydrogen) atoms. The highest BCUT2D eigenvalue weighted by Crippen LogP contribution is 2.38. The second-order valence-electron chi connectivity index (χ2n) is 10.2. The predicted molar refractivity (Wildman–Crippen MR) is 140 cm³/mol. The Bertz CT molecular complexity index is 1190. The van der Waals surface area contributed by atoms with Gasteiger partial charge in [0.05, 0.1) is 40.1 Å². The molecule has 2 heterocycles. The van der Waals surface area contributed by atoms with Gasteiger partial charge in [0.1, 0.15) is 0 Å². The molecule has 0 unspecified atom stereocenters. The van der Waals surface area contributed by atoms with Gasteiger partial charge in [0.2, 0.25) is 5.91 Å². The van der Waals surface area contributed by atoms with Crippen LogP contribution >= 0.6 is 11.6 Å². The summed E-state index contributed by atoms with van der Waals surface area (Å²) < 4.78 is 11.5. The first kappa shape index (κ1) is 27.6. The minimum Gasteiger partial charge on any atom is -0.489 e. The van der Waals surface area contributed by atoms with Gasteiger partial charge < -0.3 is 14.4 Å². The molecule has 0 radical (unpaired) electrons. The van der Waals surface area contributed by atoms with Gasteiger partial charge in [0.15, 0.2) is 11.5 Å². The topological polar surface area (TPSA) is 128 Å². The zero-order valence-corrected chi connectivity index (χ0v) is 22.2. The zero-order valence-electron chi connectivity index (χ0n) is 21.4. The number of hydrogen-bond donors (Lipinski definition) is 0. The number of hydrogen-bond acceptors (Lipinski definition) is 8. The molecule has 1 fully saturated rings. The van der Waals surface area contributed by atoms with Crippen molar-refractivity contribution in [3.63, 3.8) is 0 Å². The van der Waals surface area contributed by atoms with Crippen LogP contribution in [0, 0.1) is 32.1 Å². The van der Waals surface area contributed by atoms with Crippen molar-refractivity contribution in [2.45, 2.75) is 39.8 Å². The van der Waals surface area contributed by atoms with Crippen molar-refractivity contribution < 1.29 is 24.1 Å². The molecule has 11 nitrogen and oxygen atoms in total. The van der Waals surface area contributed by atoms with E-state index >= 15 is 0 Å². The van der Waals surface area contributed by atoms with Crippen LogP contribution in [0.1, 0.15) is 37.8 Å². The fraction of sp³-hybridized carbons (Fsp3) is 0.500. The number of nitrogens with zero attached hydrogens (tertiary/aromatic N) is 4. The third-order valence-corrected chi connectivity index (χ3v) is 6.83. The van der Waals surface area contributed by atoms with Crippen LogP contribution in [0.15, 0.2) is 30.3 Å². The molecule has 2 aliphatic rings. The molecular weight excluding hydrogens is 516 g/mol. The predicted octanol–water partition coefficient (Wildman–Crippen LogP) is 4.82. The van der Waals surface area contributed by atoms with Crippen LogP contribution in [-0.4, -0.2) is 58.4 Å². The van der Waals surface area contributed by atoms with Crippen LogP contribution in [0.4, 0.5) is 11.4 Å². The number of nitro groups is 2. The Morgan fingerprint density at radius 3 is 2.42 bits per heavy atom. The van der Waals surface area contributed by atoms with Crippen molar-refractivity contribution >= 4 is 28.9 Å². The van der Waals surface area contributed by atoms with Crippen molar-refractivity contribution in [1.82, 2.24) is 9.80 Å². The number of carbonyl (C=O) groups is 1. The first-order valence-corrected chi connectivity index (χ1v) is 13.0. The molecule has 2 aromatic rings. The highest BCUT2D eigenvalue weighted by molar-refractivity contribution is 6.32. The monoisotopic (exact) mass is 546 g/mol. The summed E-state index contributed by atoms with van der Waals surface area (Å²) >= 11 is 6.47. The third kappa shape index (κ3) is 6.70. The number of ether oxygens (including phenoxy) is 2. The van der Waals surface area contributed by atoms with E-state index in [1.54, 1.807) is 0 Å². The molecule has 2 aliphatic heterocycles. The fourth-order valence-corrected chi connectivity index (χ4v) is 5.21. The molecule has 1 amide bonds. The van der Waals surface area contributed by atoms with Gasteiger partial charge in [0.25, 0.3) is 11.4 Å². The number of fused-ring (bicyclic) bond motifs is 1. The quantitative estimate of drug-likeness (QED) is 0.323. The van der Waals surface area contributed by atoms with E-state index in [1.165, 1.54) is 12.1 Å². The maximum absolute atomic E-state index is 13.6. The minimum absolute atomic E-state index is 0.0226. The number of likely N-dealkylation sites (tertiary alicyclic amines) is 1. The van der Waals surface area contributed by atoms with Crippen molar-refractivity contribution in [2.24, 2.45) is 11.8 Å². The molecular formula is C26H31ClN4O7. The molecule has 0 saturated carbocycles. The van der Waals surface area contributed by atoms with Crippen LogP contribution in [0.2, 0.25) is 5.02 Å². The van der Waals surface area contributed by atoms with Gasteiger partial charge in [-0.1, -0.05) is 25.4 Å². The van der Waals surface area contributed by atoms with E-state index in [0.717, 1.165) is 18.1 Å². The Kier molecular flexibility index (Phi) is 8.68. The summed E-state index contributed by atoms with van der Waals surface area (Å²) in [6, 6.07) is 7.34. The number of nitro benzene ring substituents is 2. The molecule has 1 saturated heterocycles. The normalized spacial score (nSPS) is 17.3. The molecule has 204 valence electrons. The third-order valence-electron chi connectivity index (χ3n) is 6.54. The van der Waals surface area contributed by atoms with E-state index in [0.29, 0.717) is 67.9 Å². The fourth-order valence-electron chi connectivity index (χ4n) is 4.92. The summed E-state index contributed by atoms with van der Waals surface area (Å²) in [7, 11) is 0. The number of benzene rings is 2. The number of non-ortho nitro benzene ring substituents is 2. The Balaban J connectivity index is 1.46. The second kappa shape index (κ2) is 12.0. The van der Waals surface area contributed by atoms with Crippen molar-refractivity contribution in [3.8, 4) is 11.5 Å². The van der Waals surface area contributed by atoms with E-state index in [1.807, 2.05) is 21.9 Å². The number of carbonyl (C=O) groups excluding carboxylic acids is 1. The lowest BCUT2D eigenvalue weighted by Crippen LogP contribution is -2.39. The average Bonchev–Trinajstić information content (AvgIpc) is 3.18. The van der Waals surface area contributed by atoms with E-state index in [-0.39, 0.29) is 35.7 Å². The Morgan fingerprint density at radius 1 is 1.08 bits per heavy atom. The Morgan fingerprint density at radius 2 is 1.76 bits per heavy atom. The SMILES string of the molecule is CC(C)CN(Cc1cc(Cl)c2c(c1)OCCCO2)C(=O)[C@@H]1CCN(Cc2cc([N+](=O)[O-])cc([N+](=O)[O-])c2)C1. The van der Waals surface area contributed by atoms with Gasteiger partial charge in [-0.2, -0.15) is 0 Å². The van der Waals surface area contributed by atoms with Gasteiger partial charge in [-0.25, -0.2) is 0 Å². The Labute approximate surface area is 225 Å². The van der Waals surface area contributed by atoms with Gasteiger partial charge in [-0.3, -0.25) is 29.9 Å². The minimum atomic E-state index is -0.636. The van der Waals surface area contributed by atoms with Gasteiger partial charge in [-0.15, -0.1) is 0 Å². The lowest BCUT2D eigenvalue weighted by atomic mass is 10.0. The molecule has 0 bridgehead atoms. The van der Waals surface area contributed by atoms with E-state index in [9.17, 15) is 25.0 Å². The summed E-state index contributed by atoms with van der Waals surface area (Å²) in [6.07, 6.45) is 1.40. The molecule has 2 aromatic carbocycles. The Hall–Kier alpha value is -3.44. The van der Waals surface area contributed by atoms with E-state index in [2.05, 4.69) is 13.8 Å². The van der Waals surface area contributed by atoms with Crippen molar-refractivity contribution in [1.29, 1.82) is 0 Å². The van der Waals surface area contributed by atoms with Crippen molar-refractivity contribution in [2.75, 3.05) is 32.8 Å². The molecule has 0 spiro atoms. The van der Waals surface area contributed by atoms with Crippen LogP contribution in [0.3, 0.4) is 0 Å². The maximum Gasteiger partial charge on any atom is 0.276 e. The first-order chi connectivity index (χ1) is 18.1. The average molecular weight is 547 g/mol. The van der Waals surface area contributed by atoms with Gasteiger partial charge >= 0.3 is 0 Å². The zero-order chi connectivity index (χ0) is 27.4. The molecule has 1 atom stereocenters. The van der Waals surface area contributed by atoms with Gasteiger partial charge in [0, 0.05) is 44.7 Å². The standard InChI is InChI=1S/C26H31ClN4O7/c1-17(2)13-29(15-19-10-23(27)25-24(11-19)37-6-3-7-38-25)26(32)20-4-5-28(16-20)14-18-8-21(30(33)34)12-22(9-18)31(35)36/h8-12,17,20H,3-7,13-16H2,1-2H3/t20-/m1/s1. The molecule has 0 aliphatic carbocycles. The van der Waals surface area contributed by atoms with Crippen LogP contribution in [-0.2, 0) is 17.9 Å². The second-order valence-corrected chi connectivity index (χ2v) is 10.6.